The number of hydrogen-bond donors (Lipinski definition) is 1. The van der Waals surface area contributed by atoms with E-state index in [2.05, 4.69) is 43.4 Å². The Bertz CT molecular complexity index is 647. The molecule has 1 heterocycles. The molecule has 0 radical (unpaired) electrons. The van der Waals surface area contributed by atoms with E-state index in [-0.39, 0.29) is 11.3 Å². The molecule has 6 heteroatoms. The van der Waals surface area contributed by atoms with E-state index in [1.807, 2.05) is 0 Å². The topological polar surface area (TPSA) is 51.2 Å². The van der Waals surface area contributed by atoms with E-state index >= 15 is 0 Å². The zero-order chi connectivity index (χ0) is 18.4. The van der Waals surface area contributed by atoms with Crippen molar-refractivity contribution in [2.45, 2.75) is 25.5 Å². The van der Waals surface area contributed by atoms with Crippen LogP contribution in [-0.2, 0) is 16.9 Å². The van der Waals surface area contributed by atoms with Crippen molar-refractivity contribution in [1.82, 2.24) is 4.90 Å². The number of methoxy groups -OCH3 is 2. The van der Waals surface area contributed by atoms with Crippen LogP contribution in [0.2, 0.25) is 0 Å². The Labute approximate surface area is 153 Å². The van der Waals surface area contributed by atoms with Gasteiger partial charge in [-0.1, -0.05) is 13.0 Å². The van der Waals surface area contributed by atoms with Crippen LogP contribution in [0.25, 0.3) is 0 Å². The van der Waals surface area contributed by atoms with Crippen LogP contribution in [0, 0.1) is 0 Å². The molecule has 0 amide bonds. The van der Waals surface area contributed by atoms with Gasteiger partial charge in [0.2, 0.25) is 5.75 Å². The number of likely N-dealkylation sites (N-methyl/N-ethyl adjacent to an activating group) is 1. The van der Waals surface area contributed by atoms with Gasteiger partial charge in [0.1, 0.15) is 0 Å². The molecule has 0 aliphatic rings. The minimum atomic E-state index is -0.154. The van der Waals surface area contributed by atoms with Crippen molar-refractivity contribution in [3.8, 4) is 17.2 Å². The molecule has 0 spiro atoms. The Morgan fingerprint density at radius 1 is 1.16 bits per heavy atom. The zero-order valence-corrected chi connectivity index (χ0v) is 16.4. The van der Waals surface area contributed by atoms with Gasteiger partial charge in [-0.3, -0.25) is 4.90 Å². The van der Waals surface area contributed by atoms with E-state index in [1.165, 1.54) is 19.1 Å². The second-order valence-electron chi connectivity index (χ2n) is 6.10. The minimum absolute atomic E-state index is 0.00327. The standard InChI is InChI=1S/C19H27NO4S/c1-6-19(20(2)3,17-8-7-9-25-17)13-24-12-14-10-15(22-4)18(21)16(11-14)23-5/h7-11,21H,6,12-13H2,1-5H3. The maximum absolute atomic E-state index is 10.0. The summed E-state index contributed by atoms with van der Waals surface area (Å²) in [6, 6.07) is 7.77. The van der Waals surface area contributed by atoms with E-state index in [0.29, 0.717) is 24.7 Å². The molecular weight excluding hydrogens is 338 g/mol. The van der Waals surface area contributed by atoms with E-state index in [1.54, 1.807) is 23.5 Å². The third-order valence-corrected chi connectivity index (χ3v) is 5.63. The minimum Gasteiger partial charge on any atom is -0.502 e. The molecular formula is C19H27NO4S. The first-order valence-corrected chi connectivity index (χ1v) is 9.09. The number of thiophene rings is 1. The van der Waals surface area contributed by atoms with E-state index < -0.39 is 0 Å². The van der Waals surface area contributed by atoms with Gasteiger partial charge < -0.3 is 19.3 Å². The first kappa shape index (κ1) is 19.6. The van der Waals surface area contributed by atoms with Crippen molar-refractivity contribution < 1.29 is 19.3 Å². The van der Waals surface area contributed by atoms with Gasteiger partial charge in [-0.05, 0) is 49.7 Å². The van der Waals surface area contributed by atoms with Crippen LogP contribution in [0.4, 0.5) is 0 Å². The van der Waals surface area contributed by atoms with E-state index in [4.69, 9.17) is 14.2 Å². The smallest absolute Gasteiger partial charge is 0.200 e. The highest BCUT2D eigenvalue weighted by Gasteiger charge is 2.34. The second-order valence-corrected chi connectivity index (χ2v) is 7.05. The lowest BCUT2D eigenvalue weighted by Crippen LogP contribution is -2.44. The lowest BCUT2D eigenvalue weighted by Gasteiger charge is -2.38. The molecule has 2 aromatic rings. The Balaban J connectivity index is 2.15. The highest BCUT2D eigenvalue weighted by Crippen LogP contribution is 2.38. The summed E-state index contributed by atoms with van der Waals surface area (Å²) in [6.07, 6.45) is 0.947. The molecule has 0 bridgehead atoms. The van der Waals surface area contributed by atoms with Crippen molar-refractivity contribution in [3.63, 3.8) is 0 Å². The van der Waals surface area contributed by atoms with Crippen LogP contribution in [0.1, 0.15) is 23.8 Å². The predicted octanol–water partition coefficient (Wildman–Crippen LogP) is 3.85. The average molecular weight is 365 g/mol. The Morgan fingerprint density at radius 2 is 1.80 bits per heavy atom. The van der Waals surface area contributed by atoms with Crippen LogP contribution in [0.3, 0.4) is 0 Å². The Hall–Kier alpha value is -1.76. The molecule has 0 aliphatic heterocycles. The fourth-order valence-electron chi connectivity index (χ4n) is 2.93. The highest BCUT2D eigenvalue weighted by atomic mass is 32.1. The van der Waals surface area contributed by atoms with Gasteiger partial charge in [0, 0.05) is 4.88 Å². The van der Waals surface area contributed by atoms with E-state index in [9.17, 15) is 5.11 Å². The number of ether oxygens (including phenoxy) is 3. The fraction of sp³-hybridized carbons (Fsp3) is 0.474. The van der Waals surface area contributed by atoms with E-state index in [0.717, 1.165) is 12.0 Å². The molecule has 2 rings (SSSR count). The predicted molar refractivity (Wildman–Crippen MR) is 101 cm³/mol. The third-order valence-electron chi connectivity index (χ3n) is 4.57. The summed E-state index contributed by atoms with van der Waals surface area (Å²) in [5.41, 5.74) is 0.737. The molecule has 0 saturated heterocycles. The van der Waals surface area contributed by atoms with Crippen molar-refractivity contribution in [1.29, 1.82) is 0 Å². The molecule has 1 aromatic heterocycles. The molecule has 1 unspecified atom stereocenters. The van der Waals surface area contributed by atoms with Gasteiger partial charge in [0.25, 0.3) is 0 Å². The summed E-state index contributed by atoms with van der Waals surface area (Å²) >= 11 is 1.75. The molecule has 138 valence electrons. The number of phenolic OH excluding ortho intramolecular Hbond substituents is 1. The monoisotopic (exact) mass is 365 g/mol. The van der Waals surface area contributed by atoms with Crippen LogP contribution >= 0.6 is 11.3 Å². The summed E-state index contributed by atoms with van der Waals surface area (Å²) < 4.78 is 16.5. The molecule has 25 heavy (non-hydrogen) atoms. The lowest BCUT2D eigenvalue weighted by molar-refractivity contribution is 0.00398. The summed E-state index contributed by atoms with van der Waals surface area (Å²) in [5, 5.41) is 12.1. The quantitative estimate of drug-likeness (QED) is 0.731. The lowest BCUT2D eigenvalue weighted by atomic mass is 9.93. The first-order chi connectivity index (χ1) is 12.0. The van der Waals surface area contributed by atoms with Gasteiger partial charge >= 0.3 is 0 Å². The number of aromatic hydroxyl groups is 1. The number of nitrogens with zero attached hydrogens (tertiary/aromatic N) is 1. The molecule has 1 atom stereocenters. The summed E-state index contributed by atoms with van der Waals surface area (Å²) in [5.74, 6) is 0.764. The normalized spacial score (nSPS) is 13.7. The van der Waals surface area contributed by atoms with Crippen molar-refractivity contribution >= 4 is 11.3 Å². The molecule has 0 saturated carbocycles. The maximum Gasteiger partial charge on any atom is 0.200 e. The van der Waals surface area contributed by atoms with Gasteiger partial charge in [0.05, 0.1) is 33.0 Å². The van der Waals surface area contributed by atoms with Gasteiger partial charge in [-0.25, -0.2) is 0 Å². The summed E-state index contributed by atoms with van der Waals surface area (Å²) in [4.78, 5) is 3.51. The zero-order valence-electron chi connectivity index (χ0n) is 15.5. The summed E-state index contributed by atoms with van der Waals surface area (Å²) in [7, 11) is 7.20. The van der Waals surface area contributed by atoms with Crippen LogP contribution in [0.5, 0.6) is 17.2 Å². The SMILES string of the molecule is CCC(COCc1cc(OC)c(O)c(OC)c1)(c1cccs1)N(C)C. The van der Waals surface area contributed by atoms with Crippen LogP contribution in [0.15, 0.2) is 29.6 Å². The second kappa shape index (κ2) is 8.56. The number of phenols is 1. The van der Waals surface area contributed by atoms with Crippen molar-refractivity contribution in [3.05, 3.63) is 40.1 Å². The van der Waals surface area contributed by atoms with Gasteiger partial charge in [-0.15, -0.1) is 11.3 Å². The third kappa shape index (κ3) is 4.08. The highest BCUT2D eigenvalue weighted by molar-refractivity contribution is 7.10. The number of hydrogen-bond acceptors (Lipinski definition) is 6. The Morgan fingerprint density at radius 3 is 2.24 bits per heavy atom. The molecule has 0 fully saturated rings. The molecule has 5 nitrogen and oxygen atoms in total. The number of benzene rings is 1. The van der Waals surface area contributed by atoms with Crippen LogP contribution < -0.4 is 9.47 Å². The number of rotatable bonds is 9. The average Bonchev–Trinajstić information content (AvgIpc) is 3.14. The van der Waals surface area contributed by atoms with Gasteiger partial charge in [0.15, 0.2) is 11.5 Å². The summed E-state index contributed by atoms with van der Waals surface area (Å²) in [6.45, 7) is 3.16. The van der Waals surface area contributed by atoms with Crippen molar-refractivity contribution in [2.24, 2.45) is 0 Å². The Kier molecular flexibility index (Phi) is 6.70. The van der Waals surface area contributed by atoms with Crippen LogP contribution in [-0.4, -0.2) is 44.9 Å². The van der Waals surface area contributed by atoms with Gasteiger partial charge in [-0.2, -0.15) is 0 Å². The largest absolute Gasteiger partial charge is 0.502 e. The molecule has 1 aromatic carbocycles. The molecule has 0 aliphatic carbocycles. The maximum atomic E-state index is 10.0. The molecule has 1 N–H and O–H groups in total. The fourth-order valence-corrected chi connectivity index (χ4v) is 3.99. The first-order valence-electron chi connectivity index (χ1n) is 8.21. The van der Waals surface area contributed by atoms with Crippen molar-refractivity contribution in [2.75, 3.05) is 34.9 Å².